The molecule has 2 aromatic carbocycles. The molecule has 1 aliphatic rings. The van der Waals surface area contributed by atoms with Gasteiger partial charge >= 0.3 is 0 Å². The molecule has 1 aliphatic carbocycles. The van der Waals surface area contributed by atoms with Gasteiger partial charge in [-0.15, -0.1) is 0 Å². The van der Waals surface area contributed by atoms with E-state index in [1.54, 1.807) is 18.2 Å². The average molecular weight is 290 g/mol. The number of nitrogens with one attached hydrogen (secondary N) is 1. The highest BCUT2D eigenvalue weighted by Crippen LogP contribution is 2.41. The summed E-state index contributed by atoms with van der Waals surface area (Å²) in [5.74, 6) is 0.351. The first-order valence-corrected chi connectivity index (χ1v) is 7.34. The molecule has 0 aromatic heterocycles. The maximum atomic E-state index is 13.9. The number of hydrogen-bond donors (Lipinski definition) is 1. The Morgan fingerprint density at radius 1 is 1.10 bits per heavy atom. The largest absolute Gasteiger partial charge is 0.306 e. The van der Waals surface area contributed by atoms with Crippen LogP contribution in [0.3, 0.4) is 0 Å². The van der Waals surface area contributed by atoms with Gasteiger partial charge in [-0.2, -0.15) is 0 Å². The van der Waals surface area contributed by atoms with Gasteiger partial charge in [0.2, 0.25) is 0 Å². The first kappa shape index (κ1) is 13.6. The van der Waals surface area contributed by atoms with Crippen LogP contribution < -0.4 is 5.32 Å². The van der Waals surface area contributed by atoms with E-state index in [1.807, 2.05) is 18.2 Å². The SMILES string of the molecule is Fc1c(Cl)cccc1CNC(c1ccccc1)C1CC1. The minimum absolute atomic E-state index is 0.187. The molecule has 0 amide bonds. The van der Waals surface area contributed by atoms with Crippen molar-refractivity contribution in [2.45, 2.75) is 25.4 Å². The van der Waals surface area contributed by atoms with Crippen LogP contribution in [0.4, 0.5) is 4.39 Å². The quantitative estimate of drug-likeness (QED) is 0.840. The van der Waals surface area contributed by atoms with Crippen LogP contribution in [0.5, 0.6) is 0 Å². The van der Waals surface area contributed by atoms with E-state index < -0.39 is 0 Å². The molecule has 1 atom stereocenters. The molecule has 0 radical (unpaired) electrons. The van der Waals surface area contributed by atoms with E-state index in [1.165, 1.54) is 18.4 Å². The molecule has 1 N–H and O–H groups in total. The van der Waals surface area contributed by atoms with Gasteiger partial charge in [-0.05, 0) is 30.4 Å². The summed E-state index contributed by atoms with van der Waals surface area (Å²) in [7, 11) is 0. The molecule has 0 heterocycles. The van der Waals surface area contributed by atoms with E-state index >= 15 is 0 Å². The highest BCUT2D eigenvalue weighted by Gasteiger charge is 2.31. The summed E-state index contributed by atoms with van der Waals surface area (Å²) < 4.78 is 13.9. The third-order valence-electron chi connectivity index (χ3n) is 3.80. The summed E-state index contributed by atoms with van der Waals surface area (Å²) in [5.41, 5.74) is 1.90. The zero-order valence-corrected chi connectivity index (χ0v) is 11.9. The van der Waals surface area contributed by atoms with Crippen LogP contribution in [0.2, 0.25) is 5.02 Å². The Kier molecular flexibility index (Phi) is 4.04. The van der Waals surface area contributed by atoms with Gasteiger partial charge in [0.1, 0.15) is 5.82 Å². The van der Waals surface area contributed by atoms with E-state index in [4.69, 9.17) is 11.6 Å². The van der Waals surface area contributed by atoms with Crippen molar-refractivity contribution in [3.8, 4) is 0 Å². The number of hydrogen-bond acceptors (Lipinski definition) is 1. The molecule has 1 saturated carbocycles. The fraction of sp³-hybridized carbons (Fsp3) is 0.294. The Labute approximate surface area is 123 Å². The lowest BCUT2D eigenvalue weighted by Crippen LogP contribution is -2.23. The number of rotatable bonds is 5. The molecule has 2 aromatic rings. The monoisotopic (exact) mass is 289 g/mol. The lowest BCUT2D eigenvalue weighted by atomic mass is 10.0. The van der Waals surface area contributed by atoms with Crippen LogP contribution >= 0.6 is 11.6 Å². The predicted octanol–water partition coefficient (Wildman–Crippen LogP) is 4.72. The molecule has 3 rings (SSSR count). The Morgan fingerprint density at radius 2 is 1.85 bits per heavy atom. The molecule has 0 bridgehead atoms. The molecule has 3 heteroatoms. The second kappa shape index (κ2) is 5.94. The lowest BCUT2D eigenvalue weighted by molar-refractivity contribution is 0.471. The van der Waals surface area contributed by atoms with Crippen LogP contribution in [0, 0.1) is 11.7 Å². The van der Waals surface area contributed by atoms with Crippen molar-refractivity contribution in [2.24, 2.45) is 5.92 Å². The third kappa shape index (κ3) is 3.02. The normalized spacial score (nSPS) is 16.1. The van der Waals surface area contributed by atoms with Gasteiger partial charge in [0, 0.05) is 18.2 Å². The molecular formula is C17H17ClFN. The Morgan fingerprint density at radius 3 is 2.55 bits per heavy atom. The molecule has 1 fully saturated rings. The predicted molar refractivity (Wildman–Crippen MR) is 80.2 cm³/mol. The van der Waals surface area contributed by atoms with Gasteiger partial charge in [0.05, 0.1) is 5.02 Å². The van der Waals surface area contributed by atoms with E-state index in [0.29, 0.717) is 24.1 Å². The van der Waals surface area contributed by atoms with E-state index in [-0.39, 0.29) is 10.8 Å². The van der Waals surface area contributed by atoms with Gasteiger partial charge in [0.25, 0.3) is 0 Å². The maximum Gasteiger partial charge on any atom is 0.146 e. The summed E-state index contributed by atoms with van der Waals surface area (Å²) in [4.78, 5) is 0. The standard InChI is InChI=1S/C17H17ClFN/c18-15-8-4-7-14(16(15)19)11-20-17(13-9-10-13)12-5-2-1-3-6-12/h1-8,13,17,20H,9-11H2. The smallest absolute Gasteiger partial charge is 0.146 e. The summed E-state index contributed by atoms with van der Waals surface area (Å²) in [6.07, 6.45) is 2.48. The summed E-state index contributed by atoms with van der Waals surface area (Å²) >= 11 is 5.82. The minimum atomic E-state index is -0.315. The molecular weight excluding hydrogens is 273 g/mol. The van der Waals surface area contributed by atoms with Crippen molar-refractivity contribution in [3.05, 3.63) is 70.5 Å². The molecule has 104 valence electrons. The molecule has 0 aliphatic heterocycles. The Hall–Kier alpha value is -1.38. The minimum Gasteiger partial charge on any atom is -0.306 e. The number of benzene rings is 2. The fourth-order valence-electron chi connectivity index (χ4n) is 2.55. The van der Waals surface area contributed by atoms with E-state index in [9.17, 15) is 4.39 Å². The lowest BCUT2D eigenvalue weighted by Gasteiger charge is -2.19. The highest BCUT2D eigenvalue weighted by molar-refractivity contribution is 6.30. The van der Waals surface area contributed by atoms with Crippen molar-refractivity contribution >= 4 is 11.6 Å². The van der Waals surface area contributed by atoms with Crippen LogP contribution in [0.25, 0.3) is 0 Å². The summed E-state index contributed by atoms with van der Waals surface area (Å²) in [6.45, 7) is 0.502. The van der Waals surface area contributed by atoms with Gasteiger partial charge in [-0.25, -0.2) is 4.39 Å². The molecule has 1 unspecified atom stereocenters. The van der Waals surface area contributed by atoms with Crippen molar-refractivity contribution in [1.29, 1.82) is 0 Å². The zero-order chi connectivity index (χ0) is 13.9. The molecule has 20 heavy (non-hydrogen) atoms. The van der Waals surface area contributed by atoms with E-state index in [2.05, 4.69) is 17.4 Å². The van der Waals surface area contributed by atoms with Crippen LogP contribution in [0.1, 0.15) is 30.0 Å². The van der Waals surface area contributed by atoms with Gasteiger partial charge in [-0.1, -0.05) is 54.1 Å². The second-order valence-corrected chi connectivity index (χ2v) is 5.73. The Bertz CT molecular complexity index is 581. The zero-order valence-electron chi connectivity index (χ0n) is 11.2. The van der Waals surface area contributed by atoms with Gasteiger partial charge in [-0.3, -0.25) is 0 Å². The summed E-state index contributed by atoms with van der Waals surface area (Å²) in [6, 6.07) is 15.8. The van der Waals surface area contributed by atoms with Crippen LogP contribution in [-0.4, -0.2) is 0 Å². The average Bonchev–Trinajstić information content (AvgIpc) is 3.29. The molecule has 0 saturated heterocycles. The van der Waals surface area contributed by atoms with Gasteiger partial charge < -0.3 is 5.32 Å². The molecule has 0 spiro atoms. The van der Waals surface area contributed by atoms with Crippen molar-refractivity contribution in [2.75, 3.05) is 0 Å². The third-order valence-corrected chi connectivity index (χ3v) is 4.09. The van der Waals surface area contributed by atoms with E-state index in [0.717, 1.165) is 0 Å². The first-order chi connectivity index (χ1) is 9.75. The fourth-order valence-corrected chi connectivity index (χ4v) is 2.75. The topological polar surface area (TPSA) is 12.0 Å². The van der Waals surface area contributed by atoms with Crippen molar-refractivity contribution in [3.63, 3.8) is 0 Å². The van der Waals surface area contributed by atoms with Crippen molar-refractivity contribution in [1.82, 2.24) is 5.32 Å². The Balaban J connectivity index is 1.73. The number of halogens is 2. The van der Waals surface area contributed by atoms with Crippen LogP contribution in [-0.2, 0) is 6.54 Å². The highest BCUT2D eigenvalue weighted by atomic mass is 35.5. The first-order valence-electron chi connectivity index (χ1n) is 6.97. The molecule has 1 nitrogen and oxygen atoms in total. The van der Waals surface area contributed by atoms with Crippen molar-refractivity contribution < 1.29 is 4.39 Å². The second-order valence-electron chi connectivity index (χ2n) is 5.32. The summed E-state index contributed by atoms with van der Waals surface area (Å²) in [5, 5.41) is 3.67. The maximum absolute atomic E-state index is 13.9. The van der Waals surface area contributed by atoms with Crippen LogP contribution in [0.15, 0.2) is 48.5 Å². The van der Waals surface area contributed by atoms with Gasteiger partial charge in [0.15, 0.2) is 0 Å².